The Morgan fingerprint density at radius 3 is 2.76 bits per heavy atom. The number of anilines is 1. The Morgan fingerprint density at radius 2 is 2.03 bits per heavy atom. The van der Waals surface area contributed by atoms with Gasteiger partial charge in [-0.1, -0.05) is 6.07 Å². The van der Waals surface area contributed by atoms with Gasteiger partial charge in [0.15, 0.2) is 5.65 Å². The van der Waals surface area contributed by atoms with Gasteiger partial charge in [-0.15, -0.1) is 0 Å². The minimum atomic E-state index is 0.304. The normalized spacial score (nSPS) is 17.6. The monoisotopic (exact) mass is 390 g/mol. The molecule has 2 aliphatic rings. The number of hydrogen-bond donors (Lipinski definition) is 1. The maximum absolute atomic E-state index is 12.3. The molecule has 1 aliphatic carbocycles. The molecule has 0 spiro atoms. The largest absolute Gasteiger partial charge is 0.366 e. The van der Waals surface area contributed by atoms with Gasteiger partial charge in [0.25, 0.3) is 0 Å². The molecule has 2 fully saturated rings. The van der Waals surface area contributed by atoms with Crippen molar-refractivity contribution < 1.29 is 4.79 Å². The van der Waals surface area contributed by atoms with Gasteiger partial charge in [0.2, 0.25) is 5.91 Å². The molecule has 3 aromatic rings. The van der Waals surface area contributed by atoms with Crippen molar-refractivity contribution in [1.29, 1.82) is 0 Å². The van der Waals surface area contributed by atoms with Crippen molar-refractivity contribution in [1.82, 2.24) is 24.5 Å². The SMILES string of the molecule is Cc1cnn2c(NCc3cccnc3)cc(C3CCN(C(=O)C4CC4)CC3)nc12. The molecule has 1 saturated heterocycles. The molecular formula is C22H26N6O. The number of piperidine rings is 1. The predicted molar refractivity (Wildman–Crippen MR) is 111 cm³/mol. The van der Waals surface area contributed by atoms with Crippen LogP contribution in [0, 0.1) is 12.8 Å². The highest BCUT2D eigenvalue weighted by molar-refractivity contribution is 5.81. The lowest BCUT2D eigenvalue weighted by molar-refractivity contribution is -0.133. The van der Waals surface area contributed by atoms with Gasteiger partial charge in [-0.05, 0) is 44.2 Å². The Kier molecular flexibility index (Phi) is 4.66. The standard InChI is InChI=1S/C22H26N6O/c1-15-12-25-28-20(24-14-16-3-2-8-23-13-16)11-19(26-21(15)28)17-6-9-27(10-7-17)22(29)18-4-5-18/h2-3,8,11-13,17-18,24H,4-7,9-10,14H2,1H3. The molecule has 4 heterocycles. The Balaban J connectivity index is 1.36. The Morgan fingerprint density at radius 1 is 1.21 bits per heavy atom. The van der Waals surface area contributed by atoms with Crippen LogP contribution in [0.5, 0.6) is 0 Å². The molecule has 1 aliphatic heterocycles. The topological polar surface area (TPSA) is 75.4 Å². The van der Waals surface area contributed by atoms with Crippen molar-refractivity contribution in [2.24, 2.45) is 5.92 Å². The third kappa shape index (κ3) is 3.69. The van der Waals surface area contributed by atoms with E-state index < -0.39 is 0 Å². The zero-order valence-corrected chi connectivity index (χ0v) is 16.7. The minimum absolute atomic E-state index is 0.304. The third-order valence-corrected chi connectivity index (χ3v) is 6.02. The van der Waals surface area contributed by atoms with Gasteiger partial charge in [0.1, 0.15) is 5.82 Å². The summed E-state index contributed by atoms with van der Waals surface area (Å²) < 4.78 is 1.88. The average molecular weight is 390 g/mol. The number of fused-ring (bicyclic) bond motifs is 1. The van der Waals surface area contributed by atoms with Crippen LogP contribution in [0.2, 0.25) is 0 Å². The quantitative estimate of drug-likeness (QED) is 0.724. The molecule has 0 radical (unpaired) electrons. The number of nitrogens with zero attached hydrogens (tertiary/aromatic N) is 5. The number of likely N-dealkylation sites (tertiary alicyclic amines) is 1. The fourth-order valence-electron chi connectivity index (χ4n) is 4.11. The van der Waals surface area contributed by atoms with Crippen LogP contribution < -0.4 is 5.32 Å². The lowest BCUT2D eigenvalue weighted by Gasteiger charge is -2.32. The van der Waals surface area contributed by atoms with Gasteiger partial charge in [-0.25, -0.2) is 4.98 Å². The van der Waals surface area contributed by atoms with Crippen LogP contribution in [0.3, 0.4) is 0 Å². The van der Waals surface area contributed by atoms with E-state index in [1.165, 1.54) is 0 Å². The molecule has 150 valence electrons. The van der Waals surface area contributed by atoms with E-state index in [0.29, 0.717) is 24.3 Å². The summed E-state index contributed by atoms with van der Waals surface area (Å²) in [6.07, 6.45) is 9.59. The van der Waals surface area contributed by atoms with Gasteiger partial charge in [0.05, 0.1) is 6.20 Å². The molecule has 0 atom stereocenters. The first kappa shape index (κ1) is 18.1. The number of hydrogen-bond acceptors (Lipinski definition) is 5. The molecule has 29 heavy (non-hydrogen) atoms. The first-order valence-electron chi connectivity index (χ1n) is 10.5. The second kappa shape index (κ2) is 7.46. The summed E-state index contributed by atoms with van der Waals surface area (Å²) in [5.41, 5.74) is 4.17. The molecule has 7 heteroatoms. The molecule has 1 saturated carbocycles. The molecule has 5 rings (SSSR count). The van der Waals surface area contributed by atoms with Crippen molar-refractivity contribution in [3.05, 3.63) is 53.6 Å². The molecule has 0 bridgehead atoms. The molecule has 0 aromatic carbocycles. The average Bonchev–Trinajstić information content (AvgIpc) is 3.55. The number of pyridine rings is 1. The second-order valence-electron chi connectivity index (χ2n) is 8.22. The summed E-state index contributed by atoms with van der Waals surface area (Å²) >= 11 is 0. The van der Waals surface area contributed by atoms with Gasteiger partial charge in [-0.3, -0.25) is 9.78 Å². The van der Waals surface area contributed by atoms with Crippen molar-refractivity contribution >= 4 is 17.4 Å². The van der Waals surface area contributed by atoms with Crippen molar-refractivity contribution in [2.45, 2.75) is 45.1 Å². The maximum Gasteiger partial charge on any atom is 0.225 e. The summed E-state index contributed by atoms with van der Waals surface area (Å²) in [6, 6.07) is 6.12. The van der Waals surface area contributed by atoms with E-state index in [2.05, 4.69) is 32.4 Å². The van der Waals surface area contributed by atoms with E-state index in [1.54, 1.807) is 6.20 Å². The summed E-state index contributed by atoms with van der Waals surface area (Å²) in [6.45, 7) is 4.40. The van der Waals surface area contributed by atoms with Crippen molar-refractivity contribution in [2.75, 3.05) is 18.4 Å². The van der Waals surface area contributed by atoms with Crippen LogP contribution in [-0.2, 0) is 11.3 Å². The second-order valence-corrected chi connectivity index (χ2v) is 8.22. The van der Waals surface area contributed by atoms with E-state index in [4.69, 9.17) is 4.98 Å². The minimum Gasteiger partial charge on any atom is -0.366 e. The van der Waals surface area contributed by atoms with Gasteiger partial charge < -0.3 is 10.2 Å². The first-order valence-corrected chi connectivity index (χ1v) is 10.5. The molecule has 3 aromatic heterocycles. The fraction of sp³-hybridized carbons (Fsp3) is 0.455. The van der Waals surface area contributed by atoms with E-state index in [9.17, 15) is 4.79 Å². The summed E-state index contributed by atoms with van der Waals surface area (Å²) in [7, 11) is 0. The Labute approximate surface area is 170 Å². The number of rotatable bonds is 5. The smallest absolute Gasteiger partial charge is 0.225 e. The number of carbonyl (C=O) groups is 1. The fourth-order valence-corrected chi connectivity index (χ4v) is 4.11. The zero-order valence-electron chi connectivity index (χ0n) is 16.7. The van der Waals surface area contributed by atoms with Crippen LogP contribution in [0.4, 0.5) is 5.82 Å². The lowest BCUT2D eigenvalue weighted by Crippen LogP contribution is -2.38. The summed E-state index contributed by atoms with van der Waals surface area (Å²) in [4.78, 5) is 23.5. The highest BCUT2D eigenvalue weighted by Gasteiger charge is 2.35. The van der Waals surface area contributed by atoms with Crippen LogP contribution in [0.25, 0.3) is 5.65 Å². The highest BCUT2D eigenvalue weighted by atomic mass is 16.2. The number of aryl methyl sites for hydroxylation is 1. The molecular weight excluding hydrogens is 364 g/mol. The number of carbonyl (C=O) groups excluding carboxylic acids is 1. The van der Waals surface area contributed by atoms with Crippen LogP contribution in [0.15, 0.2) is 36.8 Å². The van der Waals surface area contributed by atoms with Crippen LogP contribution in [-0.4, -0.2) is 43.5 Å². The number of amides is 1. The molecule has 7 nitrogen and oxygen atoms in total. The van der Waals surface area contributed by atoms with Crippen molar-refractivity contribution in [3.8, 4) is 0 Å². The lowest BCUT2D eigenvalue weighted by atomic mass is 9.93. The van der Waals surface area contributed by atoms with Crippen LogP contribution >= 0.6 is 0 Å². The Bertz CT molecular complexity index is 1020. The van der Waals surface area contributed by atoms with E-state index in [-0.39, 0.29) is 0 Å². The van der Waals surface area contributed by atoms with E-state index >= 15 is 0 Å². The van der Waals surface area contributed by atoms with Gasteiger partial charge in [-0.2, -0.15) is 9.61 Å². The van der Waals surface area contributed by atoms with E-state index in [0.717, 1.165) is 67.1 Å². The first-order chi connectivity index (χ1) is 14.2. The Hall–Kier alpha value is -2.96. The highest BCUT2D eigenvalue weighted by Crippen LogP contribution is 2.34. The number of aromatic nitrogens is 4. The van der Waals surface area contributed by atoms with Gasteiger partial charge in [0, 0.05) is 61.2 Å². The van der Waals surface area contributed by atoms with Gasteiger partial charge >= 0.3 is 0 Å². The molecule has 1 amide bonds. The van der Waals surface area contributed by atoms with Crippen LogP contribution in [0.1, 0.15) is 48.4 Å². The maximum atomic E-state index is 12.3. The summed E-state index contributed by atoms with van der Waals surface area (Å²) in [5, 5.41) is 8.00. The predicted octanol–water partition coefficient (Wildman–Crippen LogP) is 3.16. The zero-order chi connectivity index (χ0) is 19.8. The van der Waals surface area contributed by atoms with E-state index in [1.807, 2.05) is 29.9 Å². The van der Waals surface area contributed by atoms with Crippen molar-refractivity contribution in [3.63, 3.8) is 0 Å². The summed E-state index contributed by atoms with van der Waals surface area (Å²) in [5.74, 6) is 1.98. The molecule has 0 unspecified atom stereocenters. The number of nitrogens with one attached hydrogen (secondary N) is 1. The third-order valence-electron chi connectivity index (χ3n) is 6.02. The molecule has 1 N–H and O–H groups in total.